The summed E-state index contributed by atoms with van der Waals surface area (Å²) in [6.45, 7) is 0.0177. The van der Waals surface area contributed by atoms with E-state index in [0.717, 1.165) is 0 Å². The molecule has 0 aromatic carbocycles. The molecule has 0 aliphatic heterocycles. The molecular formula is C6H7F5O3. The molecule has 1 atom stereocenters. The van der Waals surface area contributed by atoms with Gasteiger partial charge in [-0.05, 0) is 0 Å². The molecule has 0 bridgehead atoms. The third-order valence-corrected chi connectivity index (χ3v) is 1.61. The van der Waals surface area contributed by atoms with Crippen molar-refractivity contribution in [3.8, 4) is 0 Å². The fourth-order valence-electron chi connectivity index (χ4n) is 0.543. The van der Waals surface area contributed by atoms with Crippen LogP contribution < -0.4 is 0 Å². The number of aliphatic carboxylic acids is 1. The zero-order chi connectivity index (χ0) is 11.8. The summed E-state index contributed by atoms with van der Waals surface area (Å²) in [5.74, 6) is -18.2. The second-order valence-corrected chi connectivity index (χ2v) is 2.57. The van der Waals surface area contributed by atoms with Crippen LogP contribution in [-0.4, -0.2) is 35.9 Å². The number of ether oxygens (including phenoxy) is 1. The third-order valence-electron chi connectivity index (χ3n) is 1.61. The van der Waals surface area contributed by atoms with Gasteiger partial charge in [0, 0.05) is 14.0 Å². The molecule has 0 fully saturated rings. The summed E-state index contributed by atoms with van der Waals surface area (Å²) in [6.07, 6.45) is 0. The Bertz CT molecular complexity index is 238. The molecule has 1 unspecified atom stereocenters. The minimum atomic E-state index is -5.54. The smallest absolute Gasteiger partial charge is 0.410 e. The van der Waals surface area contributed by atoms with E-state index >= 15 is 0 Å². The highest BCUT2D eigenvalue weighted by molar-refractivity contribution is 5.77. The Balaban J connectivity index is 5.24. The van der Waals surface area contributed by atoms with E-state index in [1.165, 1.54) is 0 Å². The molecular weight excluding hydrogens is 215 g/mol. The fourth-order valence-corrected chi connectivity index (χ4v) is 0.543. The van der Waals surface area contributed by atoms with Gasteiger partial charge < -0.3 is 9.84 Å². The van der Waals surface area contributed by atoms with Crippen molar-refractivity contribution in [2.45, 2.75) is 24.6 Å². The monoisotopic (exact) mass is 222 g/mol. The number of rotatable bonds is 4. The van der Waals surface area contributed by atoms with Gasteiger partial charge in [0.2, 0.25) is 0 Å². The van der Waals surface area contributed by atoms with E-state index in [0.29, 0.717) is 7.11 Å². The quantitative estimate of drug-likeness (QED) is 0.736. The second-order valence-electron chi connectivity index (χ2n) is 2.57. The summed E-state index contributed by atoms with van der Waals surface area (Å²) in [6, 6.07) is 0. The average Bonchev–Trinajstić information content (AvgIpc) is 2.03. The molecule has 1 N–H and O–H groups in total. The maximum atomic E-state index is 12.7. The number of methoxy groups -OCH3 is 1. The van der Waals surface area contributed by atoms with Crippen molar-refractivity contribution in [3.05, 3.63) is 0 Å². The van der Waals surface area contributed by atoms with Crippen molar-refractivity contribution in [2.24, 2.45) is 0 Å². The van der Waals surface area contributed by atoms with Gasteiger partial charge in [-0.2, -0.15) is 17.6 Å². The standard InChI is InChI=1S/C6H7F5O3/c1-4(7,14-2)6(10,11)5(8,9)3(12)13/h1-2H3,(H,12,13). The summed E-state index contributed by atoms with van der Waals surface area (Å²) in [7, 11) is 0.422. The van der Waals surface area contributed by atoms with Crippen LogP contribution >= 0.6 is 0 Å². The van der Waals surface area contributed by atoms with Gasteiger partial charge in [-0.1, -0.05) is 0 Å². The lowest BCUT2D eigenvalue weighted by atomic mass is 10.1. The van der Waals surface area contributed by atoms with Crippen LogP contribution in [-0.2, 0) is 9.53 Å². The van der Waals surface area contributed by atoms with Crippen LogP contribution in [0.2, 0.25) is 0 Å². The Morgan fingerprint density at radius 2 is 1.57 bits per heavy atom. The normalized spacial score (nSPS) is 17.6. The first-order chi connectivity index (χ1) is 6.00. The van der Waals surface area contributed by atoms with E-state index in [4.69, 9.17) is 5.11 Å². The Kier molecular flexibility index (Phi) is 3.12. The Morgan fingerprint density at radius 3 is 1.79 bits per heavy atom. The first kappa shape index (κ1) is 13.1. The summed E-state index contributed by atoms with van der Waals surface area (Å²) >= 11 is 0. The van der Waals surface area contributed by atoms with Gasteiger partial charge >= 0.3 is 17.8 Å². The largest absolute Gasteiger partial charge is 0.477 e. The van der Waals surface area contributed by atoms with E-state index in [1.54, 1.807) is 0 Å². The van der Waals surface area contributed by atoms with Crippen LogP contribution in [0.3, 0.4) is 0 Å². The van der Waals surface area contributed by atoms with Gasteiger partial charge in [0.15, 0.2) is 0 Å². The van der Waals surface area contributed by atoms with Crippen molar-refractivity contribution < 1.29 is 36.6 Å². The summed E-state index contributed by atoms with van der Waals surface area (Å²) in [5, 5.41) is 7.78. The van der Waals surface area contributed by atoms with Crippen LogP contribution in [0.4, 0.5) is 22.0 Å². The Morgan fingerprint density at radius 1 is 1.21 bits per heavy atom. The first-order valence-corrected chi connectivity index (χ1v) is 3.24. The minimum Gasteiger partial charge on any atom is -0.477 e. The van der Waals surface area contributed by atoms with Crippen molar-refractivity contribution in [1.82, 2.24) is 0 Å². The van der Waals surface area contributed by atoms with Crippen LogP contribution in [0.25, 0.3) is 0 Å². The molecule has 0 amide bonds. The SMILES string of the molecule is COC(C)(F)C(F)(F)C(F)(F)C(=O)O. The predicted molar refractivity (Wildman–Crippen MR) is 34.1 cm³/mol. The van der Waals surface area contributed by atoms with Crippen molar-refractivity contribution >= 4 is 5.97 Å². The molecule has 0 saturated carbocycles. The minimum absolute atomic E-state index is 0.0177. The topological polar surface area (TPSA) is 46.5 Å². The molecule has 0 aromatic heterocycles. The number of hydrogen-bond acceptors (Lipinski definition) is 2. The van der Waals surface area contributed by atoms with Gasteiger partial charge in [0.25, 0.3) is 5.85 Å². The van der Waals surface area contributed by atoms with E-state index in [2.05, 4.69) is 4.74 Å². The summed E-state index contributed by atoms with van der Waals surface area (Å²) in [4.78, 5) is 9.78. The molecule has 0 spiro atoms. The number of halogens is 5. The highest BCUT2D eigenvalue weighted by Crippen LogP contribution is 2.44. The van der Waals surface area contributed by atoms with Crippen LogP contribution in [0.1, 0.15) is 6.92 Å². The van der Waals surface area contributed by atoms with Gasteiger partial charge in [0.05, 0.1) is 0 Å². The number of carboxylic acid groups (broad SMARTS) is 1. The van der Waals surface area contributed by atoms with Crippen molar-refractivity contribution in [2.75, 3.05) is 7.11 Å². The van der Waals surface area contributed by atoms with Gasteiger partial charge in [-0.3, -0.25) is 0 Å². The molecule has 0 aromatic rings. The van der Waals surface area contributed by atoms with Crippen LogP contribution in [0.15, 0.2) is 0 Å². The fraction of sp³-hybridized carbons (Fsp3) is 0.833. The average molecular weight is 222 g/mol. The summed E-state index contributed by atoms with van der Waals surface area (Å²) < 4.78 is 66.1. The van der Waals surface area contributed by atoms with Gasteiger partial charge in [-0.25, -0.2) is 9.18 Å². The molecule has 8 heteroatoms. The molecule has 84 valence electrons. The van der Waals surface area contributed by atoms with Gasteiger partial charge in [0.1, 0.15) is 0 Å². The number of hydrogen-bond donors (Lipinski definition) is 1. The lowest BCUT2D eigenvalue weighted by Crippen LogP contribution is -2.59. The lowest BCUT2D eigenvalue weighted by Gasteiger charge is -2.31. The van der Waals surface area contributed by atoms with Crippen molar-refractivity contribution in [1.29, 1.82) is 0 Å². The molecule has 3 nitrogen and oxygen atoms in total. The van der Waals surface area contributed by atoms with E-state index < -0.39 is 23.7 Å². The lowest BCUT2D eigenvalue weighted by molar-refractivity contribution is -0.328. The van der Waals surface area contributed by atoms with E-state index in [-0.39, 0.29) is 6.92 Å². The number of carbonyl (C=O) groups is 1. The number of alkyl halides is 5. The predicted octanol–water partition coefficient (Wildman–Crippen LogP) is 1.67. The molecule has 0 heterocycles. The maximum absolute atomic E-state index is 12.7. The van der Waals surface area contributed by atoms with Crippen LogP contribution in [0, 0.1) is 0 Å². The first-order valence-electron chi connectivity index (χ1n) is 3.24. The molecule has 0 rings (SSSR count). The third kappa shape index (κ3) is 1.66. The molecule has 0 saturated heterocycles. The van der Waals surface area contributed by atoms with Crippen LogP contribution in [0.5, 0.6) is 0 Å². The Labute approximate surface area is 75.5 Å². The zero-order valence-electron chi connectivity index (χ0n) is 7.15. The molecule has 0 aliphatic rings. The molecule has 0 radical (unpaired) electrons. The second kappa shape index (κ2) is 3.34. The molecule has 0 aliphatic carbocycles. The highest BCUT2D eigenvalue weighted by Gasteiger charge is 2.73. The highest BCUT2D eigenvalue weighted by atomic mass is 19.3. The van der Waals surface area contributed by atoms with Gasteiger partial charge in [-0.15, -0.1) is 0 Å². The number of carboxylic acids is 1. The summed E-state index contributed by atoms with van der Waals surface area (Å²) in [5.41, 5.74) is 0. The zero-order valence-corrected chi connectivity index (χ0v) is 7.15. The Hall–Kier alpha value is -0.920. The van der Waals surface area contributed by atoms with Crippen molar-refractivity contribution in [3.63, 3.8) is 0 Å². The maximum Gasteiger partial charge on any atom is 0.410 e. The molecule has 14 heavy (non-hydrogen) atoms. The van der Waals surface area contributed by atoms with E-state index in [1.807, 2.05) is 0 Å². The van der Waals surface area contributed by atoms with E-state index in [9.17, 15) is 26.7 Å².